The van der Waals surface area contributed by atoms with Gasteiger partial charge in [-0.15, -0.1) is 0 Å². The van der Waals surface area contributed by atoms with Gasteiger partial charge in [0.1, 0.15) is 6.04 Å². The molecule has 1 atom stereocenters. The van der Waals surface area contributed by atoms with Gasteiger partial charge in [0.05, 0.1) is 5.69 Å². The summed E-state index contributed by atoms with van der Waals surface area (Å²) in [5.41, 5.74) is 3.60. The molecule has 0 aliphatic carbocycles. The molecule has 0 aromatic heterocycles. The number of urea groups is 1. The molecule has 3 amide bonds. The highest BCUT2D eigenvalue weighted by Gasteiger charge is 2.50. The number of carbonyl (C=O) groups excluding carboxylic acids is 2. The fourth-order valence-electron chi connectivity index (χ4n) is 3.18. The first kappa shape index (κ1) is 12.1. The Hall–Kier alpha value is -2.62. The van der Waals surface area contributed by atoms with E-state index in [-0.39, 0.29) is 11.9 Å². The third-order valence-electron chi connectivity index (χ3n) is 4.14. The van der Waals surface area contributed by atoms with Crippen molar-refractivity contribution in [2.45, 2.75) is 19.4 Å². The van der Waals surface area contributed by atoms with E-state index in [4.69, 9.17) is 0 Å². The van der Waals surface area contributed by atoms with Crippen molar-refractivity contribution in [2.24, 2.45) is 0 Å². The van der Waals surface area contributed by atoms with Crippen molar-refractivity contribution >= 4 is 23.3 Å². The molecule has 4 nitrogen and oxygen atoms in total. The lowest BCUT2D eigenvalue weighted by molar-refractivity contribution is -0.117. The number of benzene rings is 2. The van der Waals surface area contributed by atoms with E-state index in [2.05, 4.69) is 0 Å². The molecular weight excluding hydrogens is 264 g/mol. The van der Waals surface area contributed by atoms with Gasteiger partial charge in [-0.3, -0.25) is 9.69 Å². The number of hydrogen-bond acceptors (Lipinski definition) is 2. The summed E-state index contributed by atoms with van der Waals surface area (Å²) in [5.74, 6) is -0.137. The number of carbonyl (C=O) groups is 2. The first-order valence-corrected chi connectivity index (χ1v) is 6.98. The molecule has 2 heterocycles. The Morgan fingerprint density at radius 3 is 2.67 bits per heavy atom. The molecule has 21 heavy (non-hydrogen) atoms. The fraction of sp³-hybridized carbons (Fsp3) is 0.176. The maximum absolute atomic E-state index is 12.7. The number of amides is 3. The van der Waals surface area contributed by atoms with Crippen LogP contribution >= 0.6 is 0 Å². The molecule has 2 aromatic rings. The average Bonchev–Trinajstić information content (AvgIpc) is 2.96. The Morgan fingerprint density at radius 2 is 1.86 bits per heavy atom. The van der Waals surface area contributed by atoms with Gasteiger partial charge in [0.25, 0.3) is 5.91 Å². The number of anilines is 2. The molecule has 1 fully saturated rings. The molecule has 4 heteroatoms. The van der Waals surface area contributed by atoms with Crippen LogP contribution in [-0.4, -0.2) is 18.0 Å². The summed E-state index contributed by atoms with van der Waals surface area (Å²) in [6, 6.07) is 14.6. The van der Waals surface area contributed by atoms with Gasteiger partial charge in [0.2, 0.25) is 0 Å². The molecular formula is C17H14N2O2. The summed E-state index contributed by atoms with van der Waals surface area (Å²) in [6.07, 6.45) is 0.600. The Labute approximate surface area is 122 Å². The van der Waals surface area contributed by atoms with Gasteiger partial charge >= 0.3 is 6.03 Å². The monoisotopic (exact) mass is 278 g/mol. The standard InChI is InChI=1S/C17H14N2O2/c1-11-5-4-7-13(9-11)18-16(20)15-10-12-6-2-3-8-14(12)19(15)17(18)21/h2-9,15H,10H2,1H3. The van der Waals surface area contributed by atoms with Crippen LogP contribution in [0.3, 0.4) is 0 Å². The zero-order chi connectivity index (χ0) is 14.6. The predicted molar refractivity (Wildman–Crippen MR) is 80.5 cm³/mol. The molecule has 2 aliphatic heterocycles. The number of hydrogen-bond donors (Lipinski definition) is 0. The SMILES string of the molecule is Cc1cccc(N2C(=O)C3Cc4ccccc4N3C2=O)c1. The smallest absolute Gasteiger partial charge is 0.281 e. The van der Waals surface area contributed by atoms with Gasteiger partial charge in [-0.25, -0.2) is 9.69 Å². The number of rotatable bonds is 1. The quantitative estimate of drug-likeness (QED) is 0.753. The number of imide groups is 1. The van der Waals surface area contributed by atoms with Gasteiger partial charge in [-0.2, -0.15) is 0 Å². The van der Waals surface area contributed by atoms with Crippen LogP contribution in [0, 0.1) is 6.92 Å². The zero-order valence-corrected chi connectivity index (χ0v) is 11.6. The largest absolute Gasteiger partial charge is 0.336 e. The summed E-state index contributed by atoms with van der Waals surface area (Å²) in [5, 5.41) is 0. The Bertz CT molecular complexity index is 769. The van der Waals surface area contributed by atoms with E-state index < -0.39 is 6.04 Å². The maximum Gasteiger partial charge on any atom is 0.336 e. The van der Waals surface area contributed by atoms with Crippen molar-refractivity contribution in [1.29, 1.82) is 0 Å². The van der Waals surface area contributed by atoms with E-state index in [1.165, 1.54) is 4.90 Å². The topological polar surface area (TPSA) is 40.6 Å². The Kier molecular flexibility index (Phi) is 2.42. The highest BCUT2D eigenvalue weighted by molar-refractivity contribution is 6.29. The number of nitrogens with zero attached hydrogens (tertiary/aromatic N) is 2. The Balaban J connectivity index is 1.79. The summed E-state index contributed by atoms with van der Waals surface area (Å²) < 4.78 is 0. The fourth-order valence-corrected chi connectivity index (χ4v) is 3.18. The number of para-hydroxylation sites is 1. The normalized spacial score (nSPS) is 20.0. The minimum atomic E-state index is -0.393. The molecule has 1 unspecified atom stereocenters. The second-order valence-corrected chi connectivity index (χ2v) is 5.51. The molecule has 0 spiro atoms. The minimum Gasteiger partial charge on any atom is -0.281 e. The molecule has 2 aliphatic rings. The third-order valence-corrected chi connectivity index (χ3v) is 4.14. The molecule has 4 rings (SSSR count). The lowest BCUT2D eigenvalue weighted by Crippen LogP contribution is -2.33. The van der Waals surface area contributed by atoms with Gasteiger partial charge in [0, 0.05) is 12.1 Å². The van der Waals surface area contributed by atoms with Crippen molar-refractivity contribution in [3.63, 3.8) is 0 Å². The molecule has 0 N–H and O–H groups in total. The van der Waals surface area contributed by atoms with Crippen LogP contribution in [0.2, 0.25) is 0 Å². The highest BCUT2D eigenvalue weighted by Crippen LogP contribution is 2.39. The highest BCUT2D eigenvalue weighted by atomic mass is 16.2. The molecule has 2 aromatic carbocycles. The van der Waals surface area contributed by atoms with Crippen LogP contribution in [0.1, 0.15) is 11.1 Å². The molecule has 1 saturated heterocycles. The molecule has 104 valence electrons. The maximum atomic E-state index is 12.7. The van der Waals surface area contributed by atoms with E-state index in [0.29, 0.717) is 12.1 Å². The van der Waals surface area contributed by atoms with Crippen LogP contribution in [0.15, 0.2) is 48.5 Å². The summed E-state index contributed by atoms with van der Waals surface area (Å²) in [7, 11) is 0. The van der Waals surface area contributed by atoms with Gasteiger partial charge in [-0.1, -0.05) is 30.3 Å². The van der Waals surface area contributed by atoms with Crippen molar-refractivity contribution in [3.05, 3.63) is 59.7 Å². The lowest BCUT2D eigenvalue weighted by atomic mass is 10.1. The predicted octanol–water partition coefficient (Wildman–Crippen LogP) is 2.89. The summed E-state index contributed by atoms with van der Waals surface area (Å²) in [6.45, 7) is 1.95. The third kappa shape index (κ3) is 1.62. The number of fused-ring (bicyclic) bond motifs is 3. The molecule has 0 bridgehead atoms. The van der Waals surface area contributed by atoms with Gasteiger partial charge < -0.3 is 0 Å². The second-order valence-electron chi connectivity index (χ2n) is 5.51. The Morgan fingerprint density at radius 1 is 1.05 bits per heavy atom. The van der Waals surface area contributed by atoms with Gasteiger partial charge in [0.15, 0.2) is 0 Å². The summed E-state index contributed by atoms with van der Waals surface area (Å²) in [4.78, 5) is 28.3. The van der Waals surface area contributed by atoms with Crippen molar-refractivity contribution in [1.82, 2.24) is 0 Å². The van der Waals surface area contributed by atoms with Crippen LogP contribution in [-0.2, 0) is 11.2 Å². The zero-order valence-electron chi connectivity index (χ0n) is 11.6. The van der Waals surface area contributed by atoms with Crippen molar-refractivity contribution < 1.29 is 9.59 Å². The molecule has 0 radical (unpaired) electrons. The van der Waals surface area contributed by atoms with E-state index in [0.717, 1.165) is 16.8 Å². The second kappa shape index (κ2) is 4.19. The first-order valence-electron chi connectivity index (χ1n) is 6.98. The van der Waals surface area contributed by atoms with E-state index in [1.807, 2.05) is 49.4 Å². The first-order chi connectivity index (χ1) is 10.2. The van der Waals surface area contributed by atoms with E-state index in [9.17, 15) is 9.59 Å². The van der Waals surface area contributed by atoms with Crippen LogP contribution in [0.4, 0.5) is 16.2 Å². The summed E-state index contributed by atoms with van der Waals surface area (Å²) >= 11 is 0. The van der Waals surface area contributed by atoms with E-state index in [1.54, 1.807) is 11.0 Å². The van der Waals surface area contributed by atoms with E-state index >= 15 is 0 Å². The van der Waals surface area contributed by atoms with Crippen LogP contribution in [0.25, 0.3) is 0 Å². The van der Waals surface area contributed by atoms with Crippen LogP contribution in [0.5, 0.6) is 0 Å². The lowest BCUT2D eigenvalue weighted by Gasteiger charge is -2.17. The van der Waals surface area contributed by atoms with Gasteiger partial charge in [-0.05, 0) is 36.2 Å². The minimum absolute atomic E-state index is 0.137. The van der Waals surface area contributed by atoms with Crippen molar-refractivity contribution in [2.75, 3.05) is 9.80 Å². The molecule has 0 saturated carbocycles. The van der Waals surface area contributed by atoms with Crippen LogP contribution < -0.4 is 9.80 Å². The number of aryl methyl sites for hydroxylation is 1. The average molecular weight is 278 g/mol. The van der Waals surface area contributed by atoms with Crippen molar-refractivity contribution in [3.8, 4) is 0 Å².